The van der Waals surface area contributed by atoms with Gasteiger partial charge in [-0.2, -0.15) is 0 Å². The van der Waals surface area contributed by atoms with E-state index in [0.29, 0.717) is 18.3 Å². The first-order valence-electron chi connectivity index (χ1n) is 14.3. The molecule has 0 heterocycles. The molecule has 4 rings (SSSR count). The fourth-order valence-corrected chi connectivity index (χ4v) is 7.51. The highest BCUT2D eigenvalue weighted by molar-refractivity contribution is 5.70. The minimum absolute atomic E-state index is 0.0868. The van der Waals surface area contributed by atoms with Crippen LogP contribution in [-0.2, 0) is 14.3 Å². The molecule has 1 aromatic carbocycles. The monoisotopic (exact) mass is 506 g/mol. The number of fused-ring (bicyclic) bond motifs is 3. The normalized spacial score (nSPS) is 31.6. The van der Waals surface area contributed by atoms with Gasteiger partial charge in [0.25, 0.3) is 0 Å². The number of hydrogen-bond acceptors (Lipinski definition) is 4. The van der Waals surface area contributed by atoms with Crippen molar-refractivity contribution in [3.05, 3.63) is 58.2 Å². The molecule has 0 saturated heterocycles. The van der Waals surface area contributed by atoms with Gasteiger partial charge in [-0.1, -0.05) is 70.9 Å². The Bertz CT molecular complexity index is 1060. The van der Waals surface area contributed by atoms with Crippen LogP contribution in [0.2, 0.25) is 0 Å². The molecule has 3 aliphatic carbocycles. The second-order valence-electron chi connectivity index (χ2n) is 13.2. The summed E-state index contributed by atoms with van der Waals surface area (Å²) < 4.78 is 5.74. The maximum Gasteiger partial charge on any atom is 0.306 e. The highest BCUT2D eigenvalue weighted by atomic mass is 16.5. The second-order valence-corrected chi connectivity index (χ2v) is 13.2. The smallest absolute Gasteiger partial charge is 0.306 e. The fourth-order valence-electron chi connectivity index (χ4n) is 7.51. The molecule has 0 amide bonds. The fraction of sp³-hybridized carbons (Fsp3) is 0.636. The average molecular weight is 507 g/mol. The zero-order valence-corrected chi connectivity index (χ0v) is 23.7. The lowest BCUT2D eigenvalue weighted by Crippen LogP contribution is -2.44. The number of allylic oxidation sites excluding steroid dienone is 4. The standard InChI is InChI=1S/C33H46O4/c1-7-8-25-24(17-18-34)13-14-26-28-15-16-29(35)33(28,6)19-27(31(25)26)23-11-9-22(10-12-23)21(2)37-30(36)20-32(3,4)5/h9-12,17-18,21,26-29,35H,7-8,13-16,19-20H2,1-6H3/b24-17-. The van der Waals surface area contributed by atoms with Crippen LogP contribution in [0.5, 0.6) is 0 Å². The van der Waals surface area contributed by atoms with Gasteiger partial charge in [-0.05, 0) is 96.5 Å². The third-order valence-electron chi connectivity index (χ3n) is 9.29. The number of aldehydes is 1. The summed E-state index contributed by atoms with van der Waals surface area (Å²) in [5, 5.41) is 11.1. The van der Waals surface area contributed by atoms with E-state index in [1.807, 2.05) is 27.7 Å². The Labute approximate surface area is 223 Å². The van der Waals surface area contributed by atoms with Crippen molar-refractivity contribution in [1.29, 1.82) is 0 Å². The molecule has 6 atom stereocenters. The minimum atomic E-state index is -0.298. The van der Waals surface area contributed by atoms with Gasteiger partial charge in [0, 0.05) is 5.92 Å². The maximum absolute atomic E-state index is 12.4. The van der Waals surface area contributed by atoms with Gasteiger partial charge in [0.2, 0.25) is 0 Å². The summed E-state index contributed by atoms with van der Waals surface area (Å²) in [6.45, 7) is 12.6. The summed E-state index contributed by atoms with van der Waals surface area (Å²) >= 11 is 0. The topological polar surface area (TPSA) is 63.6 Å². The molecule has 1 N–H and O–H groups in total. The van der Waals surface area contributed by atoms with Gasteiger partial charge in [0.15, 0.2) is 0 Å². The molecule has 202 valence electrons. The van der Waals surface area contributed by atoms with Crippen molar-refractivity contribution in [2.24, 2.45) is 22.7 Å². The van der Waals surface area contributed by atoms with Crippen molar-refractivity contribution in [3.8, 4) is 0 Å². The van der Waals surface area contributed by atoms with Gasteiger partial charge in [-0.25, -0.2) is 0 Å². The molecule has 6 unspecified atom stereocenters. The molecule has 3 aliphatic rings. The van der Waals surface area contributed by atoms with Crippen LogP contribution in [0, 0.1) is 22.7 Å². The largest absolute Gasteiger partial charge is 0.458 e. The van der Waals surface area contributed by atoms with E-state index >= 15 is 0 Å². The quantitative estimate of drug-likeness (QED) is 0.235. The van der Waals surface area contributed by atoms with E-state index in [1.165, 1.54) is 22.3 Å². The van der Waals surface area contributed by atoms with Crippen molar-refractivity contribution in [2.75, 3.05) is 0 Å². The zero-order chi connectivity index (χ0) is 27.0. The second kappa shape index (κ2) is 10.9. The van der Waals surface area contributed by atoms with Gasteiger partial charge in [0.05, 0.1) is 12.5 Å². The van der Waals surface area contributed by atoms with Gasteiger partial charge in [0.1, 0.15) is 12.4 Å². The molecule has 0 aliphatic heterocycles. The Morgan fingerprint density at radius 3 is 2.51 bits per heavy atom. The van der Waals surface area contributed by atoms with Crippen LogP contribution in [-0.4, -0.2) is 23.5 Å². The molecular formula is C33H46O4. The van der Waals surface area contributed by atoms with Crippen LogP contribution in [0.1, 0.15) is 116 Å². The molecule has 4 nitrogen and oxygen atoms in total. The third kappa shape index (κ3) is 5.65. The highest BCUT2D eigenvalue weighted by Gasteiger charge is 2.56. The highest BCUT2D eigenvalue weighted by Crippen LogP contribution is 2.63. The number of carbonyl (C=O) groups excluding carboxylic acids is 2. The summed E-state index contributed by atoms with van der Waals surface area (Å²) in [7, 11) is 0. The first kappa shape index (κ1) is 27.8. The third-order valence-corrected chi connectivity index (χ3v) is 9.29. The van der Waals surface area contributed by atoms with E-state index in [1.54, 1.807) is 6.08 Å². The number of benzene rings is 1. The number of ether oxygens (including phenoxy) is 1. The molecule has 0 bridgehead atoms. The molecule has 1 aromatic rings. The van der Waals surface area contributed by atoms with Crippen molar-refractivity contribution in [2.45, 2.75) is 111 Å². The Morgan fingerprint density at radius 2 is 1.89 bits per heavy atom. The van der Waals surface area contributed by atoms with Crippen molar-refractivity contribution in [3.63, 3.8) is 0 Å². The van der Waals surface area contributed by atoms with Gasteiger partial charge in [-0.15, -0.1) is 0 Å². The maximum atomic E-state index is 12.4. The first-order valence-corrected chi connectivity index (χ1v) is 14.3. The van der Waals surface area contributed by atoms with E-state index in [9.17, 15) is 14.7 Å². The first-order chi connectivity index (χ1) is 17.5. The lowest BCUT2D eigenvalue weighted by atomic mass is 9.53. The van der Waals surface area contributed by atoms with E-state index in [0.717, 1.165) is 56.8 Å². The molecular weight excluding hydrogens is 460 g/mol. The number of aliphatic hydroxyl groups excluding tert-OH is 1. The van der Waals surface area contributed by atoms with Crippen LogP contribution in [0.15, 0.2) is 47.1 Å². The number of aliphatic hydroxyl groups is 1. The summed E-state index contributed by atoms with van der Waals surface area (Å²) in [6, 6.07) is 8.60. The van der Waals surface area contributed by atoms with Crippen molar-refractivity contribution < 1.29 is 19.4 Å². The molecule has 0 spiro atoms. The van der Waals surface area contributed by atoms with E-state index in [2.05, 4.69) is 38.1 Å². The van der Waals surface area contributed by atoms with Crippen molar-refractivity contribution in [1.82, 2.24) is 0 Å². The number of carbonyl (C=O) groups is 2. The minimum Gasteiger partial charge on any atom is -0.458 e. The van der Waals surface area contributed by atoms with E-state index in [-0.39, 0.29) is 34.9 Å². The predicted molar refractivity (Wildman–Crippen MR) is 148 cm³/mol. The molecule has 0 aromatic heterocycles. The predicted octanol–water partition coefficient (Wildman–Crippen LogP) is 7.62. The SMILES string of the molecule is CCCC1=C2C(c3ccc(C(C)OC(=O)CC(C)(C)C)cc3)CC3(C)C(O)CCC3C2CC/C1=C/C=O. The molecule has 0 radical (unpaired) electrons. The number of esters is 1. The Morgan fingerprint density at radius 1 is 1.19 bits per heavy atom. The van der Waals surface area contributed by atoms with Gasteiger partial charge < -0.3 is 9.84 Å². The Kier molecular flexibility index (Phi) is 8.19. The summed E-state index contributed by atoms with van der Waals surface area (Å²) in [5.41, 5.74) is 6.20. The molecule has 2 fully saturated rings. The zero-order valence-electron chi connectivity index (χ0n) is 23.7. The Balaban J connectivity index is 1.69. The number of hydrogen-bond donors (Lipinski definition) is 1. The number of rotatable bonds is 7. The van der Waals surface area contributed by atoms with Crippen LogP contribution in [0.25, 0.3) is 0 Å². The summed E-state index contributed by atoms with van der Waals surface area (Å²) in [6.07, 6.45) is 9.53. The lowest BCUT2D eigenvalue weighted by molar-refractivity contribution is -0.150. The summed E-state index contributed by atoms with van der Waals surface area (Å²) in [4.78, 5) is 23.9. The molecule has 2 saturated carbocycles. The van der Waals surface area contributed by atoms with E-state index < -0.39 is 0 Å². The van der Waals surface area contributed by atoms with Crippen LogP contribution < -0.4 is 0 Å². The van der Waals surface area contributed by atoms with Crippen LogP contribution >= 0.6 is 0 Å². The van der Waals surface area contributed by atoms with Crippen LogP contribution in [0.4, 0.5) is 0 Å². The summed E-state index contributed by atoms with van der Waals surface area (Å²) in [5.74, 6) is 1.02. The van der Waals surface area contributed by atoms with Crippen LogP contribution in [0.3, 0.4) is 0 Å². The van der Waals surface area contributed by atoms with Gasteiger partial charge in [-0.3, -0.25) is 9.59 Å². The molecule has 4 heteroatoms. The average Bonchev–Trinajstić information content (AvgIpc) is 3.13. The van der Waals surface area contributed by atoms with E-state index in [4.69, 9.17) is 4.74 Å². The van der Waals surface area contributed by atoms with Gasteiger partial charge >= 0.3 is 5.97 Å². The lowest BCUT2D eigenvalue weighted by Gasteiger charge is -2.51. The molecule has 37 heavy (non-hydrogen) atoms. The van der Waals surface area contributed by atoms with Crippen molar-refractivity contribution >= 4 is 12.3 Å². The Hall–Kier alpha value is -2.20.